The smallest absolute Gasteiger partial charge is 0.312 e. The first-order valence-corrected chi connectivity index (χ1v) is 6.80. The van der Waals surface area contributed by atoms with Gasteiger partial charge in [-0.05, 0) is 29.2 Å². The van der Waals surface area contributed by atoms with Gasteiger partial charge in [0.1, 0.15) is 0 Å². The first-order chi connectivity index (χ1) is 9.00. The lowest BCUT2D eigenvalue weighted by Crippen LogP contribution is -2.47. The van der Waals surface area contributed by atoms with Gasteiger partial charge in [0.2, 0.25) is 0 Å². The fourth-order valence-electron chi connectivity index (χ4n) is 2.59. The fourth-order valence-corrected chi connectivity index (χ4v) is 2.72. The van der Waals surface area contributed by atoms with Crippen molar-refractivity contribution in [3.05, 3.63) is 40.9 Å². The molecule has 1 aromatic rings. The van der Waals surface area contributed by atoms with Gasteiger partial charge in [-0.1, -0.05) is 43.7 Å². The van der Waals surface area contributed by atoms with Crippen LogP contribution in [0.2, 0.25) is 5.02 Å². The Morgan fingerprint density at radius 2 is 2.00 bits per heavy atom. The summed E-state index contributed by atoms with van der Waals surface area (Å²) in [6.07, 6.45) is 1.96. The van der Waals surface area contributed by atoms with Gasteiger partial charge in [0, 0.05) is 17.6 Å². The van der Waals surface area contributed by atoms with Crippen LogP contribution < -0.4 is 5.32 Å². The number of carboxylic acids is 1. The molecule has 2 rings (SSSR count). The van der Waals surface area contributed by atoms with E-state index in [-0.39, 0.29) is 12.0 Å². The van der Waals surface area contributed by atoms with E-state index < -0.39 is 11.9 Å². The third-order valence-electron chi connectivity index (χ3n) is 3.53. The normalized spacial score (nSPS) is 23.3. The quantitative estimate of drug-likeness (QED) is 0.894. The highest BCUT2D eigenvalue weighted by Gasteiger charge is 2.35. The summed E-state index contributed by atoms with van der Waals surface area (Å²) in [6, 6.07) is 7.30. The van der Waals surface area contributed by atoms with Gasteiger partial charge in [-0.15, -0.1) is 0 Å². The second-order valence-corrected chi connectivity index (χ2v) is 5.60. The van der Waals surface area contributed by atoms with Crippen LogP contribution in [0.15, 0.2) is 30.3 Å². The van der Waals surface area contributed by atoms with Crippen molar-refractivity contribution in [2.45, 2.75) is 19.9 Å². The van der Waals surface area contributed by atoms with E-state index in [1.807, 2.05) is 32.1 Å². The van der Waals surface area contributed by atoms with E-state index in [0.29, 0.717) is 11.6 Å². The molecule has 1 aromatic carbocycles. The Bertz CT molecular complexity index is 493. The van der Waals surface area contributed by atoms with Crippen molar-refractivity contribution in [2.75, 3.05) is 6.54 Å². The summed E-state index contributed by atoms with van der Waals surface area (Å²) in [5.41, 5.74) is 1.81. The largest absolute Gasteiger partial charge is 0.481 e. The monoisotopic (exact) mass is 279 g/mol. The van der Waals surface area contributed by atoms with Crippen LogP contribution >= 0.6 is 11.6 Å². The molecule has 19 heavy (non-hydrogen) atoms. The minimum Gasteiger partial charge on any atom is -0.481 e. The lowest BCUT2D eigenvalue weighted by molar-refractivity contribution is -0.141. The molecule has 4 heteroatoms. The van der Waals surface area contributed by atoms with Crippen LogP contribution in [0.4, 0.5) is 0 Å². The Balaban J connectivity index is 2.39. The summed E-state index contributed by atoms with van der Waals surface area (Å²) in [6.45, 7) is 4.78. The average Bonchev–Trinajstić information content (AvgIpc) is 2.38. The zero-order valence-corrected chi connectivity index (χ0v) is 11.8. The maximum Gasteiger partial charge on any atom is 0.312 e. The van der Waals surface area contributed by atoms with Crippen LogP contribution in [0.3, 0.4) is 0 Å². The third-order valence-corrected chi connectivity index (χ3v) is 3.78. The van der Waals surface area contributed by atoms with Crippen LogP contribution in [0.5, 0.6) is 0 Å². The van der Waals surface area contributed by atoms with Gasteiger partial charge < -0.3 is 10.4 Å². The van der Waals surface area contributed by atoms with Crippen molar-refractivity contribution in [2.24, 2.45) is 11.8 Å². The summed E-state index contributed by atoms with van der Waals surface area (Å²) in [7, 11) is 0. The molecule has 1 aliphatic heterocycles. The van der Waals surface area contributed by atoms with E-state index in [1.54, 1.807) is 12.1 Å². The predicted molar refractivity (Wildman–Crippen MR) is 77.2 cm³/mol. The molecule has 1 aliphatic rings. The number of halogens is 1. The van der Waals surface area contributed by atoms with Gasteiger partial charge >= 0.3 is 5.97 Å². The SMILES string of the molecule is CC(C)C1NCC=C(c2ccc(Cl)cc2)C1C(=O)O. The molecule has 3 nitrogen and oxygen atoms in total. The molecule has 1 heterocycles. The minimum absolute atomic E-state index is 0.0480. The molecule has 0 aromatic heterocycles. The van der Waals surface area contributed by atoms with Crippen molar-refractivity contribution in [3.63, 3.8) is 0 Å². The topological polar surface area (TPSA) is 49.3 Å². The van der Waals surface area contributed by atoms with Gasteiger partial charge in [-0.3, -0.25) is 4.79 Å². The van der Waals surface area contributed by atoms with Crippen molar-refractivity contribution in [3.8, 4) is 0 Å². The molecule has 2 unspecified atom stereocenters. The van der Waals surface area contributed by atoms with E-state index in [4.69, 9.17) is 11.6 Å². The summed E-state index contributed by atoms with van der Waals surface area (Å²) in [4.78, 5) is 11.6. The Morgan fingerprint density at radius 3 is 2.53 bits per heavy atom. The van der Waals surface area contributed by atoms with Gasteiger partial charge in [-0.25, -0.2) is 0 Å². The van der Waals surface area contributed by atoms with Gasteiger partial charge in [0.05, 0.1) is 5.92 Å². The second-order valence-electron chi connectivity index (χ2n) is 5.16. The number of hydrogen-bond donors (Lipinski definition) is 2. The van der Waals surface area contributed by atoms with E-state index in [2.05, 4.69) is 5.32 Å². The number of aliphatic carboxylic acids is 1. The lowest BCUT2D eigenvalue weighted by Gasteiger charge is -2.33. The van der Waals surface area contributed by atoms with Gasteiger partial charge in [-0.2, -0.15) is 0 Å². The maximum atomic E-state index is 11.6. The first kappa shape index (κ1) is 14.1. The highest BCUT2D eigenvalue weighted by atomic mass is 35.5. The number of hydrogen-bond acceptors (Lipinski definition) is 2. The average molecular weight is 280 g/mol. The first-order valence-electron chi connectivity index (χ1n) is 6.43. The van der Waals surface area contributed by atoms with Crippen molar-refractivity contribution < 1.29 is 9.90 Å². The third kappa shape index (κ3) is 2.99. The minimum atomic E-state index is -0.785. The highest BCUT2D eigenvalue weighted by molar-refractivity contribution is 6.30. The van der Waals surface area contributed by atoms with E-state index in [9.17, 15) is 9.90 Å². The zero-order valence-electron chi connectivity index (χ0n) is 11.1. The molecule has 0 fully saturated rings. The molecule has 0 amide bonds. The Labute approximate surface area is 118 Å². The molecule has 2 atom stereocenters. The second kappa shape index (κ2) is 5.76. The number of benzene rings is 1. The van der Waals surface area contributed by atoms with E-state index in [0.717, 1.165) is 11.1 Å². The van der Waals surface area contributed by atoms with Crippen LogP contribution in [0, 0.1) is 11.8 Å². The molecule has 0 radical (unpaired) electrons. The molecule has 0 aliphatic carbocycles. The van der Waals surface area contributed by atoms with Crippen LogP contribution in [0.1, 0.15) is 19.4 Å². The Kier molecular flexibility index (Phi) is 4.27. The van der Waals surface area contributed by atoms with E-state index >= 15 is 0 Å². The van der Waals surface area contributed by atoms with E-state index in [1.165, 1.54) is 0 Å². The maximum absolute atomic E-state index is 11.6. The Morgan fingerprint density at radius 1 is 1.37 bits per heavy atom. The Hall–Kier alpha value is -1.32. The molecule has 102 valence electrons. The molecule has 0 bridgehead atoms. The summed E-state index contributed by atoms with van der Waals surface area (Å²) in [5, 5.41) is 13.5. The van der Waals surface area contributed by atoms with Crippen molar-refractivity contribution in [1.82, 2.24) is 5.32 Å². The van der Waals surface area contributed by atoms with Gasteiger partial charge in [0.15, 0.2) is 0 Å². The lowest BCUT2D eigenvalue weighted by atomic mass is 9.79. The van der Waals surface area contributed by atoms with Crippen LogP contribution in [-0.4, -0.2) is 23.7 Å². The fraction of sp³-hybridized carbons (Fsp3) is 0.400. The summed E-state index contributed by atoms with van der Waals surface area (Å²) in [5.74, 6) is -1.04. The highest BCUT2D eigenvalue weighted by Crippen LogP contribution is 2.32. The predicted octanol–water partition coefficient (Wildman–Crippen LogP) is 3.05. The number of carbonyl (C=O) groups is 1. The molecule has 2 N–H and O–H groups in total. The summed E-state index contributed by atoms with van der Waals surface area (Å²) < 4.78 is 0. The number of nitrogens with one attached hydrogen (secondary N) is 1. The standard InChI is InChI=1S/C15H18ClNO2/c1-9(2)14-13(15(18)19)12(7-8-17-14)10-3-5-11(16)6-4-10/h3-7,9,13-14,17H,8H2,1-2H3,(H,18,19). The van der Waals surface area contributed by atoms with Crippen molar-refractivity contribution in [1.29, 1.82) is 0 Å². The number of rotatable bonds is 3. The van der Waals surface area contributed by atoms with Crippen LogP contribution in [0.25, 0.3) is 5.57 Å². The molecule has 0 spiro atoms. The molecular formula is C15H18ClNO2. The molecule has 0 saturated carbocycles. The van der Waals surface area contributed by atoms with Gasteiger partial charge in [0.25, 0.3) is 0 Å². The molecular weight excluding hydrogens is 262 g/mol. The number of carboxylic acid groups (broad SMARTS) is 1. The zero-order chi connectivity index (χ0) is 14.0. The van der Waals surface area contributed by atoms with Crippen molar-refractivity contribution >= 4 is 23.1 Å². The summed E-state index contributed by atoms with van der Waals surface area (Å²) >= 11 is 5.88. The van der Waals surface area contributed by atoms with Crippen LogP contribution in [-0.2, 0) is 4.79 Å². The molecule has 0 saturated heterocycles.